The van der Waals surface area contributed by atoms with Gasteiger partial charge in [0.25, 0.3) is 0 Å². The lowest BCUT2D eigenvalue weighted by Crippen LogP contribution is -2.51. The molecule has 1 aliphatic rings. The van der Waals surface area contributed by atoms with E-state index in [1.807, 2.05) is 0 Å². The van der Waals surface area contributed by atoms with Crippen LogP contribution in [0.25, 0.3) is 0 Å². The van der Waals surface area contributed by atoms with E-state index >= 15 is 0 Å². The number of ether oxygens (including phenoxy) is 1. The number of nitrogens with zero attached hydrogens (tertiary/aromatic N) is 1. The quantitative estimate of drug-likeness (QED) is 0.863. The fourth-order valence-corrected chi connectivity index (χ4v) is 4.32. The van der Waals surface area contributed by atoms with Gasteiger partial charge in [-0.25, -0.2) is 8.42 Å². The molecule has 1 heterocycles. The first-order valence-electron chi connectivity index (χ1n) is 5.68. The van der Waals surface area contributed by atoms with Gasteiger partial charge in [0, 0.05) is 13.1 Å². The number of rotatable bonds is 2. The first kappa shape index (κ1) is 13.7. The minimum absolute atomic E-state index is 0.000139. The molecule has 7 heteroatoms. The van der Waals surface area contributed by atoms with Crippen molar-refractivity contribution < 1.29 is 23.1 Å². The fraction of sp³-hybridized carbons (Fsp3) is 0.417. The number of anilines is 1. The number of sulfone groups is 1. The molecular formula is C12H15NO5S. The smallest absolute Gasteiger partial charge is 0.324 e. The molecule has 2 unspecified atom stereocenters. The zero-order chi connectivity index (χ0) is 14.4. The van der Waals surface area contributed by atoms with Crippen LogP contribution in [0.5, 0.6) is 5.75 Å². The monoisotopic (exact) mass is 285 g/mol. The number of benzene rings is 1. The van der Waals surface area contributed by atoms with Crippen molar-refractivity contribution in [2.45, 2.75) is 23.1 Å². The van der Waals surface area contributed by atoms with E-state index in [9.17, 15) is 18.3 Å². The standard InChI is InChI=1S/C12H15NO5S/c1-7-11(12(14)15)19(16,17)10-6-8(18-3)4-5-9(10)13(7)2/h4-7,11H,1-3H3,(H,14,15). The summed E-state index contributed by atoms with van der Waals surface area (Å²) in [5, 5.41) is 7.70. The predicted molar refractivity (Wildman–Crippen MR) is 69.5 cm³/mol. The van der Waals surface area contributed by atoms with Crippen LogP contribution in [0, 0.1) is 0 Å². The van der Waals surface area contributed by atoms with Crippen molar-refractivity contribution in [2.24, 2.45) is 0 Å². The molecule has 0 bridgehead atoms. The number of carboxylic acids is 1. The van der Waals surface area contributed by atoms with Gasteiger partial charge in [0.05, 0.1) is 23.7 Å². The van der Waals surface area contributed by atoms with Gasteiger partial charge < -0.3 is 14.7 Å². The minimum atomic E-state index is -3.92. The van der Waals surface area contributed by atoms with E-state index in [0.717, 1.165) is 0 Å². The van der Waals surface area contributed by atoms with Gasteiger partial charge in [-0.15, -0.1) is 0 Å². The Labute approximate surface area is 111 Å². The second-order valence-electron chi connectivity index (χ2n) is 4.49. The summed E-state index contributed by atoms with van der Waals surface area (Å²) in [6.07, 6.45) is 0. The molecule has 1 aliphatic heterocycles. The van der Waals surface area contributed by atoms with Crippen molar-refractivity contribution in [3.63, 3.8) is 0 Å². The van der Waals surface area contributed by atoms with Gasteiger partial charge in [-0.3, -0.25) is 4.79 Å². The summed E-state index contributed by atoms with van der Waals surface area (Å²) in [5.41, 5.74) is 0.491. The molecule has 1 aromatic carbocycles. The Morgan fingerprint density at radius 1 is 1.42 bits per heavy atom. The van der Waals surface area contributed by atoms with Gasteiger partial charge in [0.1, 0.15) is 5.75 Å². The van der Waals surface area contributed by atoms with Crippen LogP contribution in [0.1, 0.15) is 6.92 Å². The molecule has 0 saturated heterocycles. The summed E-state index contributed by atoms with van der Waals surface area (Å²) < 4.78 is 29.8. The van der Waals surface area contributed by atoms with E-state index < -0.39 is 27.1 Å². The zero-order valence-corrected chi connectivity index (χ0v) is 11.6. The van der Waals surface area contributed by atoms with Crippen LogP contribution in [-0.2, 0) is 14.6 Å². The molecule has 0 saturated carbocycles. The topological polar surface area (TPSA) is 83.9 Å². The summed E-state index contributed by atoms with van der Waals surface area (Å²) >= 11 is 0. The third-order valence-electron chi connectivity index (χ3n) is 3.48. The maximum Gasteiger partial charge on any atom is 0.324 e. The molecule has 1 aromatic rings. The number of methoxy groups -OCH3 is 1. The molecule has 0 aliphatic carbocycles. The van der Waals surface area contributed by atoms with E-state index in [0.29, 0.717) is 11.4 Å². The number of hydrogen-bond donors (Lipinski definition) is 1. The lowest BCUT2D eigenvalue weighted by atomic mass is 10.1. The Hall–Kier alpha value is -1.76. The van der Waals surface area contributed by atoms with Crippen LogP contribution in [0.3, 0.4) is 0 Å². The lowest BCUT2D eigenvalue weighted by Gasteiger charge is -2.37. The highest BCUT2D eigenvalue weighted by Gasteiger charge is 2.46. The molecular weight excluding hydrogens is 270 g/mol. The largest absolute Gasteiger partial charge is 0.497 e. The molecule has 0 radical (unpaired) electrons. The normalized spacial score (nSPS) is 24.7. The third-order valence-corrected chi connectivity index (χ3v) is 5.68. The number of carboxylic acid groups (broad SMARTS) is 1. The van der Waals surface area contributed by atoms with Gasteiger partial charge in [0.15, 0.2) is 15.1 Å². The van der Waals surface area contributed by atoms with Crippen molar-refractivity contribution in [3.8, 4) is 5.75 Å². The summed E-state index contributed by atoms with van der Waals surface area (Å²) in [5.74, 6) is -0.956. The van der Waals surface area contributed by atoms with Crippen molar-refractivity contribution in [2.75, 3.05) is 19.1 Å². The van der Waals surface area contributed by atoms with Gasteiger partial charge in [0.2, 0.25) is 0 Å². The first-order chi connectivity index (χ1) is 8.80. The van der Waals surface area contributed by atoms with Gasteiger partial charge in [-0.2, -0.15) is 0 Å². The Kier molecular flexibility index (Phi) is 3.17. The van der Waals surface area contributed by atoms with Crippen LogP contribution >= 0.6 is 0 Å². The second-order valence-corrected chi connectivity index (χ2v) is 6.53. The molecule has 0 fully saturated rings. The van der Waals surface area contributed by atoms with E-state index in [4.69, 9.17) is 4.74 Å². The maximum atomic E-state index is 12.4. The summed E-state index contributed by atoms with van der Waals surface area (Å²) in [6, 6.07) is 4.01. The highest BCUT2D eigenvalue weighted by molar-refractivity contribution is 7.93. The predicted octanol–water partition coefficient (Wildman–Crippen LogP) is 0.760. The third kappa shape index (κ3) is 1.94. The molecule has 104 valence electrons. The number of aliphatic carboxylic acids is 1. The summed E-state index contributed by atoms with van der Waals surface area (Å²) in [6.45, 7) is 1.59. The van der Waals surface area contributed by atoms with Crippen LogP contribution in [0.15, 0.2) is 23.1 Å². The van der Waals surface area contributed by atoms with E-state index in [2.05, 4.69) is 0 Å². The Balaban J connectivity index is 2.72. The minimum Gasteiger partial charge on any atom is -0.497 e. The number of hydrogen-bond acceptors (Lipinski definition) is 5. The first-order valence-corrected chi connectivity index (χ1v) is 7.23. The second kappa shape index (κ2) is 4.41. The van der Waals surface area contributed by atoms with Crippen molar-refractivity contribution in [3.05, 3.63) is 18.2 Å². The highest BCUT2D eigenvalue weighted by Crippen LogP contribution is 2.38. The van der Waals surface area contributed by atoms with Crippen LogP contribution in [-0.4, -0.2) is 44.9 Å². The van der Waals surface area contributed by atoms with Crippen molar-refractivity contribution in [1.29, 1.82) is 0 Å². The molecule has 1 N–H and O–H groups in total. The molecule has 6 nitrogen and oxygen atoms in total. The van der Waals surface area contributed by atoms with Gasteiger partial charge in [-0.05, 0) is 19.1 Å². The summed E-state index contributed by atoms with van der Waals surface area (Å²) in [7, 11) is -0.808. The molecule has 0 spiro atoms. The van der Waals surface area contributed by atoms with E-state index in [-0.39, 0.29) is 4.90 Å². The Morgan fingerprint density at radius 3 is 2.58 bits per heavy atom. The van der Waals surface area contributed by atoms with Crippen LogP contribution < -0.4 is 9.64 Å². The van der Waals surface area contributed by atoms with Gasteiger partial charge in [-0.1, -0.05) is 0 Å². The Bertz CT molecular complexity index is 625. The van der Waals surface area contributed by atoms with Crippen molar-refractivity contribution in [1.82, 2.24) is 0 Å². The van der Waals surface area contributed by atoms with Crippen LogP contribution in [0.4, 0.5) is 5.69 Å². The maximum absolute atomic E-state index is 12.4. The Morgan fingerprint density at radius 2 is 2.05 bits per heavy atom. The average Bonchev–Trinajstić information content (AvgIpc) is 2.35. The average molecular weight is 285 g/mol. The fourth-order valence-electron chi connectivity index (χ4n) is 2.30. The zero-order valence-electron chi connectivity index (χ0n) is 10.8. The highest BCUT2D eigenvalue weighted by atomic mass is 32.2. The molecule has 0 amide bonds. The van der Waals surface area contributed by atoms with E-state index in [1.165, 1.54) is 13.2 Å². The number of fused-ring (bicyclic) bond motifs is 1. The van der Waals surface area contributed by atoms with Gasteiger partial charge >= 0.3 is 5.97 Å². The molecule has 0 aromatic heterocycles. The van der Waals surface area contributed by atoms with E-state index in [1.54, 1.807) is 31.0 Å². The summed E-state index contributed by atoms with van der Waals surface area (Å²) in [4.78, 5) is 12.9. The van der Waals surface area contributed by atoms with Crippen molar-refractivity contribution >= 4 is 21.5 Å². The SMILES string of the molecule is COc1ccc2c(c1)S(=O)(=O)C(C(=O)O)C(C)N2C. The molecule has 2 atom stereocenters. The molecule has 19 heavy (non-hydrogen) atoms. The lowest BCUT2D eigenvalue weighted by molar-refractivity contribution is -0.136. The molecule has 2 rings (SSSR count). The van der Waals surface area contributed by atoms with Crippen LogP contribution in [0.2, 0.25) is 0 Å². The number of carbonyl (C=O) groups is 1.